The molecule has 38 heavy (non-hydrogen) atoms. The normalized spacial score (nSPS) is 17.8. The van der Waals surface area contributed by atoms with Crippen molar-refractivity contribution < 1.29 is 35.1 Å². The molecule has 0 aliphatic heterocycles. The number of halogens is 4. The Bertz CT molecular complexity index is 1690. The van der Waals surface area contributed by atoms with Crippen LogP contribution < -0.4 is 14.4 Å². The third-order valence-electron chi connectivity index (χ3n) is 6.35. The summed E-state index contributed by atoms with van der Waals surface area (Å²) >= 11 is 0. The van der Waals surface area contributed by atoms with E-state index in [9.17, 15) is 26.4 Å². The number of ether oxygens (including phenoxy) is 1. The third kappa shape index (κ3) is 4.43. The average molecular weight is 569 g/mol. The summed E-state index contributed by atoms with van der Waals surface area (Å²) in [5, 5.41) is 0.336. The Balaban J connectivity index is 1.61. The maximum atomic E-state index is 15.1. The summed E-state index contributed by atoms with van der Waals surface area (Å²) in [5.74, 6) is -3.55. The molecule has 5 rings (SSSR count). The van der Waals surface area contributed by atoms with E-state index in [0.29, 0.717) is 5.39 Å². The summed E-state index contributed by atoms with van der Waals surface area (Å²) in [4.78, 5) is 16.7. The van der Waals surface area contributed by atoms with Crippen molar-refractivity contribution in [1.29, 1.82) is 0 Å². The number of methoxy groups -OCH3 is 1. The Labute approximate surface area is 215 Å². The molecule has 1 saturated carbocycles. The summed E-state index contributed by atoms with van der Waals surface area (Å²) in [6.07, 6.45) is -2.09. The topological polar surface area (TPSA) is 94.6 Å². The van der Waals surface area contributed by atoms with E-state index in [2.05, 4.69) is 4.98 Å². The Morgan fingerprint density at radius 1 is 1.18 bits per heavy atom. The molecule has 0 N–H and O–H groups in total. The van der Waals surface area contributed by atoms with Gasteiger partial charge in [0.2, 0.25) is 0 Å². The standard InChI is InChI=1S/C24H20F4N3O5PS/c1-35-21-11-16(15-10-17(15)24(26,27)28)18(25)12-20(21)30-19-5-4-14(9-13(19)3-6-22(30)32)38(33,34)31(37-2)23-29-7-8-36-23/h3-9,11-12,15,17,37H,10H2,1-2H3. The van der Waals surface area contributed by atoms with Crippen LogP contribution in [0, 0.1) is 11.7 Å². The largest absolute Gasteiger partial charge is 0.495 e. The van der Waals surface area contributed by atoms with Gasteiger partial charge in [0.25, 0.3) is 15.6 Å². The van der Waals surface area contributed by atoms with Crippen LogP contribution in [0.15, 0.2) is 69.0 Å². The number of nitrogens with zero attached hydrogens (tertiary/aromatic N) is 3. The van der Waals surface area contributed by atoms with Crippen molar-refractivity contribution in [2.75, 3.05) is 17.9 Å². The van der Waals surface area contributed by atoms with E-state index in [0.717, 1.165) is 14.7 Å². The van der Waals surface area contributed by atoms with Gasteiger partial charge in [0, 0.05) is 17.5 Å². The molecule has 0 saturated heterocycles. The zero-order valence-electron chi connectivity index (χ0n) is 19.9. The minimum absolute atomic E-state index is 0.00257. The molecule has 14 heteroatoms. The first-order chi connectivity index (χ1) is 18.0. The lowest BCUT2D eigenvalue weighted by molar-refractivity contribution is -0.148. The van der Waals surface area contributed by atoms with E-state index in [1.165, 1.54) is 56.0 Å². The van der Waals surface area contributed by atoms with Crippen molar-refractivity contribution in [2.24, 2.45) is 5.92 Å². The van der Waals surface area contributed by atoms with E-state index in [1.54, 1.807) is 6.66 Å². The summed E-state index contributed by atoms with van der Waals surface area (Å²) in [5.41, 5.74) is -0.500. The Hall–Kier alpha value is -3.44. The highest BCUT2D eigenvalue weighted by atomic mass is 32.2. The molecule has 1 aliphatic rings. The minimum Gasteiger partial charge on any atom is -0.495 e. The van der Waals surface area contributed by atoms with Gasteiger partial charge < -0.3 is 9.15 Å². The first-order valence-electron chi connectivity index (χ1n) is 11.2. The first-order valence-corrected chi connectivity index (χ1v) is 14.1. The van der Waals surface area contributed by atoms with E-state index in [4.69, 9.17) is 9.15 Å². The quantitative estimate of drug-likeness (QED) is 0.224. The number of anilines is 1. The van der Waals surface area contributed by atoms with Crippen molar-refractivity contribution in [2.45, 2.75) is 23.4 Å². The highest BCUT2D eigenvalue weighted by molar-refractivity contribution is 7.97. The van der Waals surface area contributed by atoms with Gasteiger partial charge in [0.05, 0.1) is 35.3 Å². The molecular formula is C24H20F4N3O5PS. The second kappa shape index (κ2) is 9.39. The highest BCUT2D eigenvalue weighted by Crippen LogP contribution is 2.57. The monoisotopic (exact) mass is 569 g/mol. The molecule has 0 amide bonds. The molecule has 4 aromatic rings. The van der Waals surface area contributed by atoms with Gasteiger partial charge in [-0.25, -0.2) is 21.9 Å². The van der Waals surface area contributed by atoms with Crippen molar-refractivity contribution in [1.82, 2.24) is 9.55 Å². The SMILES string of the molecule is COc1cc(C2CC2C(F)(F)F)c(F)cc1-n1c(=O)ccc2cc(S(=O)(=O)N(PC)c3ncco3)ccc21. The van der Waals surface area contributed by atoms with Crippen LogP contribution in [0.1, 0.15) is 17.9 Å². The van der Waals surface area contributed by atoms with Crippen molar-refractivity contribution in [3.8, 4) is 11.4 Å². The van der Waals surface area contributed by atoms with Crippen LogP contribution in [-0.4, -0.2) is 37.9 Å². The van der Waals surface area contributed by atoms with Crippen LogP contribution >= 0.6 is 8.73 Å². The molecule has 0 radical (unpaired) electrons. The number of hydrogen-bond donors (Lipinski definition) is 0. The highest BCUT2D eigenvalue weighted by Gasteiger charge is 2.57. The molecule has 2 aromatic carbocycles. The summed E-state index contributed by atoms with van der Waals surface area (Å²) in [6, 6.07) is 8.69. The number of oxazole rings is 1. The second-order valence-electron chi connectivity index (χ2n) is 8.57. The molecule has 2 heterocycles. The predicted octanol–water partition coefficient (Wildman–Crippen LogP) is 5.21. The van der Waals surface area contributed by atoms with Gasteiger partial charge in [-0.05, 0) is 63.6 Å². The number of benzene rings is 2. The van der Waals surface area contributed by atoms with E-state index in [1.807, 2.05) is 0 Å². The zero-order valence-corrected chi connectivity index (χ0v) is 21.7. The van der Waals surface area contributed by atoms with E-state index >= 15 is 4.39 Å². The fraction of sp³-hybridized carbons (Fsp3) is 0.250. The van der Waals surface area contributed by atoms with Crippen LogP contribution in [0.2, 0.25) is 0 Å². The molecule has 2 aromatic heterocycles. The summed E-state index contributed by atoms with van der Waals surface area (Å²) in [6.45, 7) is 1.64. The fourth-order valence-electron chi connectivity index (χ4n) is 4.45. The van der Waals surface area contributed by atoms with E-state index in [-0.39, 0.29) is 48.6 Å². The molecule has 0 spiro atoms. The molecule has 3 unspecified atom stereocenters. The number of hydrogen-bond acceptors (Lipinski definition) is 6. The van der Waals surface area contributed by atoms with Crippen LogP contribution in [0.3, 0.4) is 0 Å². The van der Waals surface area contributed by atoms with E-state index < -0.39 is 39.4 Å². The Morgan fingerprint density at radius 2 is 1.95 bits per heavy atom. The lowest BCUT2D eigenvalue weighted by Gasteiger charge is -2.19. The molecule has 0 bridgehead atoms. The Kier molecular flexibility index (Phi) is 6.47. The number of sulfonamides is 1. The number of rotatable bonds is 7. The molecule has 200 valence electrons. The van der Waals surface area contributed by atoms with Gasteiger partial charge in [-0.3, -0.25) is 9.36 Å². The van der Waals surface area contributed by atoms with Crippen LogP contribution in [-0.2, 0) is 10.0 Å². The van der Waals surface area contributed by atoms with Crippen molar-refractivity contribution in [3.05, 3.63) is 76.7 Å². The molecule has 1 aliphatic carbocycles. The number of alkyl halides is 3. The van der Waals surface area contributed by atoms with Crippen LogP contribution in [0.5, 0.6) is 5.75 Å². The molecular weight excluding hydrogens is 549 g/mol. The zero-order chi connectivity index (χ0) is 27.4. The van der Waals surface area contributed by atoms with Crippen molar-refractivity contribution in [3.63, 3.8) is 0 Å². The predicted molar refractivity (Wildman–Crippen MR) is 133 cm³/mol. The van der Waals surface area contributed by atoms with Gasteiger partial charge in [0.15, 0.2) is 0 Å². The van der Waals surface area contributed by atoms with Crippen molar-refractivity contribution >= 4 is 35.7 Å². The lowest BCUT2D eigenvalue weighted by Crippen LogP contribution is -2.23. The summed E-state index contributed by atoms with van der Waals surface area (Å²) < 4.78 is 93.5. The number of pyridine rings is 1. The maximum Gasteiger partial charge on any atom is 0.392 e. The smallest absolute Gasteiger partial charge is 0.392 e. The first kappa shape index (κ1) is 26.2. The number of aromatic nitrogens is 2. The average Bonchev–Trinajstić information content (AvgIpc) is 3.51. The molecule has 3 atom stereocenters. The molecule has 8 nitrogen and oxygen atoms in total. The lowest BCUT2D eigenvalue weighted by atomic mass is 10.1. The van der Waals surface area contributed by atoms with Gasteiger partial charge >= 0.3 is 12.2 Å². The van der Waals surface area contributed by atoms with Crippen LogP contribution in [0.4, 0.5) is 23.6 Å². The second-order valence-corrected chi connectivity index (χ2v) is 11.6. The third-order valence-corrected chi connectivity index (χ3v) is 9.70. The summed E-state index contributed by atoms with van der Waals surface area (Å²) in [7, 11) is -3.04. The maximum absolute atomic E-state index is 15.1. The number of fused-ring (bicyclic) bond motifs is 1. The molecule has 1 fully saturated rings. The van der Waals surface area contributed by atoms with Crippen LogP contribution in [0.25, 0.3) is 16.6 Å². The van der Waals surface area contributed by atoms with Gasteiger partial charge in [-0.15, -0.1) is 0 Å². The van der Waals surface area contributed by atoms with Gasteiger partial charge in [-0.2, -0.15) is 13.2 Å². The fourth-order valence-corrected chi connectivity index (χ4v) is 7.06. The van der Waals surface area contributed by atoms with Gasteiger partial charge in [-0.1, -0.05) is 0 Å². The Morgan fingerprint density at radius 3 is 2.55 bits per heavy atom. The van der Waals surface area contributed by atoms with Gasteiger partial charge in [0.1, 0.15) is 17.8 Å². The minimum atomic E-state index is -4.44.